The number of rotatable bonds is 3. The van der Waals surface area contributed by atoms with Crippen LogP contribution in [0.2, 0.25) is 0 Å². The molecule has 12 aliphatic carbocycles. The van der Waals surface area contributed by atoms with E-state index in [4.69, 9.17) is 6.85 Å². The van der Waals surface area contributed by atoms with Gasteiger partial charge in [-0.3, -0.25) is 14.4 Å². The van der Waals surface area contributed by atoms with Crippen LogP contribution in [0.1, 0.15) is 263 Å². The molecule has 12 aliphatic rings. The van der Waals surface area contributed by atoms with Crippen LogP contribution in [0.5, 0.6) is 0 Å². The summed E-state index contributed by atoms with van der Waals surface area (Å²) in [5.41, 5.74) is -1.02. The number of fused-ring (bicyclic) bond motifs is 15. The van der Waals surface area contributed by atoms with Crippen LogP contribution in [0.3, 0.4) is 0 Å². The van der Waals surface area contributed by atoms with E-state index in [9.17, 15) is 29.7 Å². The van der Waals surface area contributed by atoms with Crippen LogP contribution < -0.4 is 0 Å². The molecule has 0 spiro atoms. The smallest absolute Gasteiger partial charge is 0.133 e. The standard InChI is InChI=1S/3C22H36O2/c3*1-14(23)17-7-8-18-16-6-5-15-13-20(2,24)11-12-21(15,3)19(16)9-10-22(17,18)4/h3*15-19,24H,5-13H2,1-4H3/t3*15-,16-,17+,18-,19-,20+,21-,22+/m000/s1/i7D2,17D;7D2;. The Morgan fingerprint density at radius 1 is 0.361 bits per heavy atom. The molecule has 6 nitrogen and oxygen atoms in total. The molecule has 6 heteroatoms. The van der Waals surface area contributed by atoms with Crippen LogP contribution in [0, 0.1) is 121 Å². The molecule has 0 bridgehead atoms. The van der Waals surface area contributed by atoms with Crippen molar-refractivity contribution in [2.75, 3.05) is 0 Å². The fourth-order valence-electron chi connectivity index (χ4n) is 23.1. The van der Waals surface area contributed by atoms with Crippen LogP contribution >= 0.6 is 0 Å². The molecule has 0 heterocycles. The maximum atomic E-state index is 12.5. The second-order valence-electron chi connectivity index (χ2n) is 31.1. The van der Waals surface area contributed by atoms with E-state index < -0.39 is 46.8 Å². The van der Waals surface area contributed by atoms with E-state index >= 15 is 0 Å². The first kappa shape index (κ1) is 48.1. The molecule has 12 fully saturated rings. The highest BCUT2D eigenvalue weighted by atomic mass is 16.3. The molecule has 12 saturated carbocycles. The monoisotopic (exact) mass is 1000 g/mol. The van der Waals surface area contributed by atoms with Crippen LogP contribution in [0.25, 0.3) is 0 Å². The van der Waals surface area contributed by atoms with E-state index in [1.54, 1.807) is 6.92 Å². The van der Waals surface area contributed by atoms with Crippen LogP contribution in [0.15, 0.2) is 0 Å². The highest BCUT2D eigenvalue weighted by Gasteiger charge is 2.65. The molecule has 72 heavy (non-hydrogen) atoms. The Morgan fingerprint density at radius 3 is 1.08 bits per heavy atom. The zero-order chi connectivity index (χ0) is 56.5. The molecular formula is C66H108O6. The van der Waals surface area contributed by atoms with Crippen LogP contribution in [-0.4, -0.2) is 49.5 Å². The lowest BCUT2D eigenvalue weighted by Crippen LogP contribution is -2.55. The third kappa shape index (κ3) is 8.71. The van der Waals surface area contributed by atoms with Crippen molar-refractivity contribution in [1.82, 2.24) is 0 Å². The summed E-state index contributed by atoms with van der Waals surface area (Å²) in [7, 11) is 0. The number of hydrogen-bond donors (Lipinski definition) is 3. The van der Waals surface area contributed by atoms with Gasteiger partial charge in [0.15, 0.2) is 0 Å². The maximum absolute atomic E-state index is 12.5. The predicted molar refractivity (Wildman–Crippen MR) is 290 cm³/mol. The Morgan fingerprint density at radius 2 is 0.694 bits per heavy atom. The zero-order valence-corrected chi connectivity index (χ0v) is 47.8. The molecule has 0 unspecified atom stereocenters. The summed E-state index contributed by atoms with van der Waals surface area (Å²) in [5.74, 6) is 5.32. The SMILES string of the molecule is CC(=O)[C@H]1CC[C@H]2[C@@H]3CC[C@H]4C[C@](C)(O)CC[C@]4(C)[C@H]3CC[C@]12C.[2H]C1([2H])C[C@H]2[C@@H]3CC[C@H]4C[C@](C)(O)CC[C@]4(C)[C@H]3CC[C@]2(C)[C@@]1([2H])C(C)=O.[2H]C1([2H])C[C@H]2[C@@H]3CC[C@H]4C[C@](C)(O)CC[C@]4(C)[C@H]3CC[C@]2(C)[C@H]1C(C)=O. The van der Waals surface area contributed by atoms with Crippen molar-refractivity contribution in [2.24, 2.45) is 121 Å². The number of carbonyl (C=O) groups is 3. The Labute approximate surface area is 446 Å². The number of ketones is 3. The number of carbonyl (C=O) groups excluding carboxylic acids is 3. The van der Waals surface area contributed by atoms with Crippen molar-refractivity contribution in [3.8, 4) is 0 Å². The van der Waals surface area contributed by atoms with Gasteiger partial charge in [-0.25, -0.2) is 0 Å². The summed E-state index contributed by atoms with van der Waals surface area (Å²) in [6.07, 6.45) is 22.7. The minimum Gasteiger partial charge on any atom is -0.390 e. The van der Waals surface area contributed by atoms with Gasteiger partial charge in [0.25, 0.3) is 0 Å². The number of Topliss-reactive ketones (excluding diaryl/α,β-unsaturated/α-hetero) is 3. The van der Waals surface area contributed by atoms with Crippen molar-refractivity contribution < 1.29 is 36.6 Å². The quantitative estimate of drug-likeness (QED) is 0.260. The van der Waals surface area contributed by atoms with Crippen LogP contribution in [0.4, 0.5) is 0 Å². The molecule has 12 rings (SSSR count). The first-order valence-corrected chi connectivity index (χ1v) is 30.6. The fraction of sp³-hybridized carbons (Fsp3) is 0.955. The van der Waals surface area contributed by atoms with Gasteiger partial charge >= 0.3 is 0 Å². The van der Waals surface area contributed by atoms with Gasteiger partial charge in [-0.1, -0.05) is 41.5 Å². The minimum absolute atomic E-state index is 0.0482. The van der Waals surface area contributed by atoms with Gasteiger partial charge < -0.3 is 15.3 Å². The average Bonchev–Trinajstić information content (AvgIpc) is 3.95. The topological polar surface area (TPSA) is 112 Å². The molecule has 408 valence electrons. The Kier molecular flexibility index (Phi) is 12.3. The Hall–Kier alpha value is -1.11. The van der Waals surface area contributed by atoms with E-state index in [0.29, 0.717) is 77.3 Å². The molecule has 0 aromatic rings. The summed E-state index contributed by atoms with van der Waals surface area (Å²) < 4.78 is 43.4. The van der Waals surface area contributed by atoms with Crippen LogP contribution in [-0.2, 0) is 14.4 Å². The third-order valence-electron chi connectivity index (χ3n) is 27.2. The molecule has 0 saturated heterocycles. The van der Waals surface area contributed by atoms with E-state index in [1.807, 2.05) is 34.6 Å². The maximum Gasteiger partial charge on any atom is 0.133 e. The summed E-state index contributed by atoms with van der Waals surface area (Å²) in [6.45, 7) is 25.0. The van der Waals surface area contributed by atoms with E-state index in [-0.39, 0.29) is 39.1 Å². The molecule has 0 aromatic heterocycles. The molecule has 0 aliphatic heterocycles. The lowest BCUT2D eigenvalue weighted by molar-refractivity contribution is -0.150. The van der Waals surface area contributed by atoms with E-state index in [2.05, 4.69) is 34.6 Å². The lowest BCUT2D eigenvalue weighted by atomic mass is 9.44. The van der Waals surface area contributed by atoms with Gasteiger partial charge in [-0.2, -0.15) is 0 Å². The second-order valence-corrected chi connectivity index (χ2v) is 31.1. The Balaban J connectivity index is 0.000000131. The van der Waals surface area contributed by atoms with Crippen molar-refractivity contribution in [3.63, 3.8) is 0 Å². The van der Waals surface area contributed by atoms with Crippen molar-refractivity contribution in [3.05, 3.63) is 0 Å². The Bertz CT molecular complexity index is 2320. The van der Waals surface area contributed by atoms with Crippen molar-refractivity contribution in [1.29, 1.82) is 0 Å². The number of aliphatic hydroxyl groups is 3. The molecule has 3 N–H and O–H groups in total. The summed E-state index contributed by atoms with van der Waals surface area (Å²) in [5, 5.41) is 31.8. The fourth-order valence-corrected chi connectivity index (χ4v) is 23.1. The van der Waals surface area contributed by atoms with Gasteiger partial charge in [0, 0.05) is 24.6 Å². The minimum atomic E-state index is -1.75. The van der Waals surface area contributed by atoms with Gasteiger partial charge in [0.2, 0.25) is 0 Å². The summed E-state index contributed by atoms with van der Waals surface area (Å²) in [4.78, 5) is 37.1. The molecule has 0 radical (unpaired) electrons. The van der Waals surface area contributed by atoms with E-state index in [0.717, 1.165) is 127 Å². The predicted octanol–water partition coefficient (Wildman–Crippen LogP) is 15.0. The molecule has 0 amide bonds. The first-order valence-electron chi connectivity index (χ1n) is 33.1. The number of hydrogen-bond acceptors (Lipinski definition) is 6. The lowest BCUT2D eigenvalue weighted by Gasteiger charge is -2.61. The largest absolute Gasteiger partial charge is 0.390 e. The molecule has 24 atom stereocenters. The first-order chi connectivity index (χ1) is 35.4. The zero-order valence-electron chi connectivity index (χ0n) is 52.8. The van der Waals surface area contributed by atoms with Gasteiger partial charge in [0.05, 0.1) is 16.8 Å². The third-order valence-corrected chi connectivity index (χ3v) is 27.2. The summed E-state index contributed by atoms with van der Waals surface area (Å²) >= 11 is 0. The molecular weight excluding hydrogens is 889 g/mol. The van der Waals surface area contributed by atoms with Gasteiger partial charge in [-0.15, -0.1) is 0 Å². The normalized spacial score (nSPS) is 60.4. The van der Waals surface area contributed by atoms with Crippen molar-refractivity contribution in [2.45, 2.75) is 273 Å². The van der Waals surface area contributed by atoms with E-state index in [1.165, 1.54) is 45.4 Å². The molecule has 0 aromatic carbocycles. The summed E-state index contributed by atoms with van der Waals surface area (Å²) in [6, 6.07) is 0. The highest BCUT2D eigenvalue weighted by Crippen LogP contribution is 2.71. The van der Waals surface area contributed by atoms with Gasteiger partial charge in [0.1, 0.15) is 17.3 Å². The second kappa shape index (κ2) is 18.5. The average molecular weight is 1000 g/mol. The van der Waals surface area contributed by atoms with Crippen molar-refractivity contribution >= 4 is 17.3 Å². The highest BCUT2D eigenvalue weighted by molar-refractivity contribution is 5.80. The van der Waals surface area contributed by atoms with Gasteiger partial charge in [-0.05, 0) is 318 Å².